The fourth-order valence-electron chi connectivity index (χ4n) is 1.73. The van der Waals surface area contributed by atoms with Crippen LogP contribution in [-0.2, 0) is 13.0 Å². The maximum absolute atomic E-state index is 6.15. The summed E-state index contributed by atoms with van der Waals surface area (Å²) in [6.45, 7) is 4.17. The van der Waals surface area contributed by atoms with Gasteiger partial charge in [-0.25, -0.2) is 0 Å². The van der Waals surface area contributed by atoms with E-state index < -0.39 is 0 Å². The predicted octanol–water partition coefficient (Wildman–Crippen LogP) is 3.27. The molecule has 1 atom stereocenters. The lowest BCUT2D eigenvalue weighted by Gasteiger charge is -2.09. The van der Waals surface area contributed by atoms with Gasteiger partial charge in [-0.1, -0.05) is 29.7 Å². The maximum Gasteiger partial charge on any atom is 0.264 e. The van der Waals surface area contributed by atoms with Gasteiger partial charge >= 0.3 is 0 Å². The van der Waals surface area contributed by atoms with E-state index in [9.17, 15) is 0 Å². The molecule has 108 valence electrons. The SMILES string of the molecule is CCCc1noc(COc2ccc([C@H](C)N)cc2Cl)n1. The number of ether oxygens (including phenoxy) is 1. The predicted molar refractivity (Wildman–Crippen MR) is 76.7 cm³/mol. The van der Waals surface area contributed by atoms with E-state index in [2.05, 4.69) is 17.1 Å². The molecule has 0 aliphatic heterocycles. The van der Waals surface area contributed by atoms with Crippen LogP contribution in [0.4, 0.5) is 0 Å². The number of nitrogens with two attached hydrogens (primary N) is 1. The van der Waals surface area contributed by atoms with Crippen molar-refractivity contribution in [1.29, 1.82) is 0 Å². The second-order valence-electron chi connectivity index (χ2n) is 4.62. The average Bonchev–Trinajstić information content (AvgIpc) is 2.85. The van der Waals surface area contributed by atoms with E-state index in [1.807, 2.05) is 13.0 Å². The van der Waals surface area contributed by atoms with E-state index in [0.29, 0.717) is 22.5 Å². The highest BCUT2D eigenvalue weighted by Crippen LogP contribution is 2.27. The van der Waals surface area contributed by atoms with Gasteiger partial charge in [-0.3, -0.25) is 0 Å². The average molecular weight is 296 g/mol. The van der Waals surface area contributed by atoms with Crippen molar-refractivity contribution >= 4 is 11.6 Å². The summed E-state index contributed by atoms with van der Waals surface area (Å²) < 4.78 is 10.7. The standard InChI is InChI=1S/C14H18ClN3O2/c1-3-4-13-17-14(20-18-13)8-19-12-6-5-10(9(2)16)7-11(12)15/h5-7,9H,3-4,8,16H2,1-2H3/t9-/m0/s1. The number of hydrogen-bond donors (Lipinski definition) is 1. The Morgan fingerprint density at radius 3 is 2.90 bits per heavy atom. The van der Waals surface area contributed by atoms with Gasteiger partial charge in [-0.05, 0) is 31.0 Å². The van der Waals surface area contributed by atoms with Crippen LogP contribution in [0.25, 0.3) is 0 Å². The van der Waals surface area contributed by atoms with E-state index in [1.54, 1.807) is 12.1 Å². The van der Waals surface area contributed by atoms with Gasteiger partial charge < -0.3 is 15.0 Å². The van der Waals surface area contributed by atoms with Crippen LogP contribution < -0.4 is 10.5 Å². The largest absolute Gasteiger partial charge is 0.482 e. The van der Waals surface area contributed by atoms with Crippen molar-refractivity contribution in [3.8, 4) is 5.75 Å². The number of hydrogen-bond acceptors (Lipinski definition) is 5. The Morgan fingerprint density at radius 1 is 1.45 bits per heavy atom. The molecule has 2 rings (SSSR count). The summed E-state index contributed by atoms with van der Waals surface area (Å²) in [5.41, 5.74) is 6.76. The summed E-state index contributed by atoms with van der Waals surface area (Å²) in [7, 11) is 0. The third kappa shape index (κ3) is 3.71. The van der Waals surface area contributed by atoms with Crippen LogP contribution in [-0.4, -0.2) is 10.1 Å². The van der Waals surface area contributed by atoms with Gasteiger partial charge in [0.25, 0.3) is 5.89 Å². The summed E-state index contributed by atoms with van der Waals surface area (Å²) in [5, 5.41) is 4.38. The molecule has 1 aromatic carbocycles. The van der Waals surface area contributed by atoms with Gasteiger partial charge in [0.1, 0.15) is 5.75 Å². The molecule has 0 saturated heterocycles. The molecule has 1 aromatic heterocycles. The van der Waals surface area contributed by atoms with Crippen LogP contribution >= 0.6 is 11.6 Å². The number of benzene rings is 1. The first-order chi connectivity index (χ1) is 9.60. The minimum atomic E-state index is -0.0610. The highest BCUT2D eigenvalue weighted by Gasteiger charge is 2.09. The lowest BCUT2D eigenvalue weighted by molar-refractivity contribution is 0.242. The minimum absolute atomic E-state index is 0.0610. The Morgan fingerprint density at radius 2 is 2.25 bits per heavy atom. The molecule has 0 radical (unpaired) electrons. The zero-order chi connectivity index (χ0) is 14.5. The van der Waals surface area contributed by atoms with Crippen molar-refractivity contribution in [2.45, 2.75) is 39.3 Å². The molecule has 0 spiro atoms. The smallest absolute Gasteiger partial charge is 0.264 e. The summed E-state index contributed by atoms with van der Waals surface area (Å²) >= 11 is 6.15. The number of rotatable bonds is 6. The van der Waals surface area contributed by atoms with E-state index in [1.165, 1.54) is 0 Å². The molecule has 0 bridgehead atoms. The molecule has 0 amide bonds. The molecule has 5 nitrogen and oxygen atoms in total. The lowest BCUT2D eigenvalue weighted by Crippen LogP contribution is -2.05. The Labute approximate surface area is 123 Å². The minimum Gasteiger partial charge on any atom is -0.482 e. The van der Waals surface area contributed by atoms with Crippen molar-refractivity contribution in [2.24, 2.45) is 5.73 Å². The van der Waals surface area contributed by atoms with Gasteiger partial charge in [0.05, 0.1) is 5.02 Å². The van der Waals surface area contributed by atoms with Crippen molar-refractivity contribution in [3.05, 3.63) is 40.5 Å². The zero-order valence-corrected chi connectivity index (χ0v) is 12.4. The lowest BCUT2D eigenvalue weighted by atomic mass is 10.1. The van der Waals surface area contributed by atoms with Crippen molar-refractivity contribution < 1.29 is 9.26 Å². The number of aromatic nitrogens is 2. The third-order valence-electron chi connectivity index (χ3n) is 2.82. The van der Waals surface area contributed by atoms with Crippen LogP contribution in [0.2, 0.25) is 5.02 Å². The monoisotopic (exact) mass is 295 g/mol. The molecule has 0 unspecified atom stereocenters. The first kappa shape index (κ1) is 14.8. The number of halogens is 1. The molecular formula is C14H18ClN3O2. The van der Waals surface area contributed by atoms with Crippen LogP contribution in [0, 0.1) is 0 Å². The Balaban J connectivity index is 1.99. The summed E-state index contributed by atoms with van der Waals surface area (Å²) in [6, 6.07) is 5.43. The summed E-state index contributed by atoms with van der Waals surface area (Å²) in [4.78, 5) is 4.22. The Bertz CT molecular complexity index is 569. The summed E-state index contributed by atoms with van der Waals surface area (Å²) in [5.74, 6) is 1.72. The Kier molecular flexibility index (Phi) is 4.98. The molecule has 20 heavy (non-hydrogen) atoms. The topological polar surface area (TPSA) is 74.2 Å². The zero-order valence-electron chi connectivity index (χ0n) is 11.6. The molecule has 0 saturated carbocycles. The molecule has 2 aromatic rings. The second-order valence-corrected chi connectivity index (χ2v) is 5.03. The molecule has 6 heteroatoms. The molecule has 1 heterocycles. The molecular weight excluding hydrogens is 278 g/mol. The first-order valence-electron chi connectivity index (χ1n) is 6.59. The van der Waals surface area contributed by atoms with E-state index in [0.717, 1.165) is 18.4 Å². The molecule has 0 aliphatic carbocycles. The van der Waals surface area contributed by atoms with Crippen molar-refractivity contribution in [2.75, 3.05) is 0 Å². The quantitative estimate of drug-likeness (QED) is 0.885. The fourth-order valence-corrected chi connectivity index (χ4v) is 1.97. The normalized spacial score (nSPS) is 12.4. The maximum atomic E-state index is 6.15. The summed E-state index contributed by atoms with van der Waals surface area (Å²) in [6.07, 6.45) is 1.78. The third-order valence-corrected chi connectivity index (χ3v) is 3.11. The molecule has 0 fully saturated rings. The van der Waals surface area contributed by atoms with Crippen molar-refractivity contribution in [3.63, 3.8) is 0 Å². The highest BCUT2D eigenvalue weighted by molar-refractivity contribution is 6.32. The van der Waals surface area contributed by atoms with Gasteiger partial charge in [0.15, 0.2) is 12.4 Å². The van der Waals surface area contributed by atoms with Crippen LogP contribution in [0.5, 0.6) is 5.75 Å². The van der Waals surface area contributed by atoms with E-state index >= 15 is 0 Å². The second kappa shape index (κ2) is 6.72. The number of nitrogens with zero attached hydrogens (tertiary/aromatic N) is 2. The number of aryl methyl sites for hydroxylation is 1. The highest BCUT2D eigenvalue weighted by atomic mass is 35.5. The van der Waals surface area contributed by atoms with Gasteiger partial charge in [-0.2, -0.15) is 4.98 Å². The Hall–Kier alpha value is -1.59. The van der Waals surface area contributed by atoms with E-state index in [4.69, 9.17) is 26.6 Å². The first-order valence-corrected chi connectivity index (χ1v) is 6.97. The fraction of sp³-hybridized carbons (Fsp3) is 0.429. The van der Waals surface area contributed by atoms with Gasteiger partial charge in [-0.15, -0.1) is 0 Å². The van der Waals surface area contributed by atoms with Gasteiger partial charge in [0.2, 0.25) is 0 Å². The van der Waals surface area contributed by atoms with E-state index in [-0.39, 0.29) is 12.6 Å². The van der Waals surface area contributed by atoms with Crippen molar-refractivity contribution in [1.82, 2.24) is 10.1 Å². The van der Waals surface area contributed by atoms with Crippen LogP contribution in [0.3, 0.4) is 0 Å². The van der Waals surface area contributed by atoms with Gasteiger partial charge in [0, 0.05) is 12.5 Å². The molecule has 0 aliphatic rings. The van der Waals surface area contributed by atoms with Crippen LogP contribution in [0.1, 0.15) is 43.6 Å². The van der Waals surface area contributed by atoms with Crippen LogP contribution in [0.15, 0.2) is 22.7 Å². The molecule has 2 N–H and O–H groups in total.